The summed E-state index contributed by atoms with van der Waals surface area (Å²) in [6.07, 6.45) is 5.96. The summed E-state index contributed by atoms with van der Waals surface area (Å²) < 4.78 is 2.21. The van der Waals surface area contributed by atoms with Crippen LogP contribution in [0.1, 0.15) is 37.3 Å². The molecule has 0 bridgehead atoms. The van der Waals surface area contributed by atoms with Crippen LogP contribution in [0.3, 0.4) is 0 Å². The van der Waals surface area contributed by atoms with Crippen LogP contribution in [0.5, 0.6) is 0 Å². The van der Waals surface area contributed by atoms with Crippen LogP contribution in [0, 0.1) is 11.3 Å². The molecule has 2 aliphatic heterocycles. The van der Waals surface area contributed by atoms with E-state index in [1.54, 1.807) is 0 Å². The van der Waals surface area contributed by atoms with Gasteiger partial charge in [-0.1, -0.05) is 24.3 Å². The number of fused-ring (bicyclic) bond motifs is 3. The standard InChI is InChI=1S/C20H23N3O3/c24-18-15(5-6-20(18)7-9-22(10-8-20)19(25)26)17-14-4-2-1-3-13(14)16-11-21-12-23(16)17/h1-4,11-12,15,17-18,24H,5-10H2,(H,25,26)/t15-,17-,18-/m1/s1. The van der Waals surface area contributed by atoms with E-state index in [0.29, 0.717) is 13.1 Å². The van der Waals surface area contributed by atoms with Crippen LogP contribution in [0.2, 0.25) is 0 Å². The normalized spacial score (nSPS) is 29.0. The fourth-order valence-corrected chi connectivity index (χ4v) is 5.54. The van der Waals surface area contributed by atoms with Crippen molar-refractivity contribution in [2.24, 2.45) is 11.3 Å². The largest absolute Gasteiger partial charge is 0.465 e. The number of aliphatic hydroxyl groups is 1. The van der Waals surface area contributed by atoms with Gasteiger partial charge in [-0.15, -0.1) is 0 Å². The van der Waals surface area contributed by atoms with E-state index in [1.807, 2.05) is 18.6 Å². The number of likely N-dealkylation sites (tertiary alicyclic amines) is 1. The van der Waals surface area contributed by atoms with Crippen LogP contribution in [0.15, 0.2) is 36.8 Å². The molecule has 3 heterocycles. The topological polar surface area (TPSA) is 78.6 Å². The van der Waals surface area contributed by atoms with Gasteiger partial charge in [-0.05, 0) is 31.2 Å². The molecule has 2 N–H and O–H groups in total. The monoisotopic (exact) mass is 353 g/mol. The van der Waals surface area contributed by atoms with E-state index in [9.17, 15) is 15.0 Å². The van der Waals surface area contributed by atoms with Gasteiger partial charge in [-0.3, -0.25) is 0 Å². The summed E-state index contributed by atoms with van der Waals surface area (Å²) in [7, 11) is 0. The van der Waals surface area contributed by atoms with Crippen LogP contribution >= 0.6 is 0 Å². The number of piperidine rings is 1. The summed E-state index contributed by atoms with van der Waals surface area (Å²) in [4.78, 5) is 17.0. The predicted molar refractivity (Wildman–Crippen MR) is 95.8 cm³/mol. The highest BCUT2D eigenvalue weighted by Gasteiger charge is 2.53. The Hall–Kier alpha value is -2.34. The Kier molecular flexibility index (Phi) is 3.41. The molecule has 136 valence electrons. The van der Waals surface area contributed by atoms with E-state index < -0.39 is 12.2 Å². The maximum Gasteiger partial charge on any atom is 0.407 e. The van der Waals surface area contributed by atoms with Gasteiger partial charge in [0.15, 0.2) is 0 Å². The lowest BCUT2D eigenvalue weighted by Crippen LogP contribution is -2.47. The lowest BCUT2D eigenvalue weighted by molar-refractivity contribution is -0.0227. The zero-order valence-corrected chi connectivity index (χ0v) is 14.6. The first-order valence-electron chi connectivity index (χ1n) is 9.38. The number of hydrogen-bond donors (Lipinski definition) is 2. The fraction of sp³-hybridized carbons (Fsp3) is 0.500. The zero-order valence-electron chi connectivity index (χ0n) is 14.6. The van der Waals surface area contributed by atoms with Crippen molar-refractivity contribution in [1.82, 2.24) is 14.5 Å². The van der Waals surface area contributed by atoms with E-state index in [0.717, 1.165) is 31.4 Å². The Labute approximate surface area is 152 Å². The van der Waals surface area contributed by atoms with Crippen LogP contribution in [-0.4, -0.2) is 50.0 Å². The van der Waals surface area contributed by atoms with Crippen LogP contribution < -0.4 is 0 Å². The van der Waals surface area contributed by atoms with E-state index in [-0.39, 0.29) is 17.4 Å². The average molecular weight is 353 g/mol. The van der Waals surface area contributed by atoms with Crippen molar-refractivity contribution in [2.75, 3.05) is 13.1 Å². The highest BCUT2D eigenvalue weighted by atomic mass is 16.4. The van der Waals surface area contributed by atoms with Crippen LogP contribution in [0.25, 0.3) is 11.3 Å². The molecule has 1 aromatic heterocycles. The van der Waals surface area contributed by atoms with Crippen LogP contribution in [-0.2, 0) is 0 Å². The van der Waals surface area contributed by atoms with Gasteiger partial charge in [-0.25, -0.2) is 9.78 Å². The summed E-state index contributed by atoms with van der Waals surface area (Å²) in [5.74, 6) is 0.142. The number of imidazole rings is 1. The summed E-state index contributed by atoms with van der Waals surface area (Å²) in [6.45, 7) is 1.05. The number of carbonyl (C=O) groups is 1. The summed E-state index contributed by atoms with van der Waals surface area (Å²) >= 11 is 0. The molecule has 0 unspecified atom stereocenters. The first-order valence-corrected chi connectivity index (χ1v) is 9.38. The Bertz CT molecular complexity index is 853. The first kappa shape index (κ1) is 15.9. The molecule has 3 aliphatic rings. The quantitative estimate of drug-likeness (QED) is 0.826. The third-order valence-corrected chi connectivity index (χ3v) is 6.96. The molecular weight excluding hydrogens is 330 g/mol. The minimum absolute atomic E-state index is 0.121. The maximum absolute atomic E-state index is 11.3. The molecule has 3 atom stereocenters. The minimum Gasteiger partial charge on any atom is -0.465 e. The Morgan fingerprint density at radius 1 is 1.19 bits per heavy atom. The molecule has 2 aromatic rings. The van der Waals surface area contributed by atoms with Crippen molar-refractivity contribution in [2.45, 2.75) is 37.8 Å². The van der Waals surface area contributed by atoms with Gasteiger partial charge in [0.05, 0.1) is 30.4 Å². The highest BCUT2D eigenvalue weighted by Crippen LogP contribution is 2.55. The number of rotatable bonds is 1. The lowest BCUT2D eigenvalue weighted by atomic mass is 9.73. The second kappa shape index (κ2) is 5.58. The Balaban J connectivity index is 1.45. The SMILES string of the molecule is O=C(O)N1CCC2(CC[C@H]([C@H]3c4ccccc4-c4cncn43)[C@H]2O)CC1. The van der Waals surface area contributed by atoms with E-state index in [2.05, 4.69) is 27.8 Å². The second-order valence-electron chi connectivity index (χ2n) is 8.00. The van der Waals surface area contributed by atoms with Gasteiger partial charge in [-0.2, -0.15) is 0 Å². The van der Waals surface area contributed by atoms with Crippen molar-refractivity contribution in [1.29, 1.82) is 0 Å². The minimum atomic E-state index is -0.850. The Morgan fingerprint density at radius 2 is 1.96 bits per heavy atom. The van der Waals surface area contributed by atoms with Crippen LogP contribution in [0.4, 0.5) is 4.79 Å². The van der Waals surface area contributed by atoms with Gasteiger partial charge in [0.1, 0.15) is 0 Å². The molecule has 6 heteroatoms. The molecule has 1 aromatic carbocycles. The van der Waals surface area contributed by atoms with E-state index in [4.69, 9.17) is 0 Å². The molecular formula is C20H23N3O3. The lowest BCUT2D eigenvalue weighted by Gasteiger charge is -2.42. The average Bonchev–Trinajstić information content (AvgIpc) is 3.31. The van der Waals surface area contributed by atoms with Gasteiger partial charge < -0.3 is 19.7 Å². The molecule has 2 fully saturated rings. The van der Waals surface area contributed by atoms with Gasteiger partial charge in [0.2, 0.25) is 0 Å². The number of carboxylic acid groups (broad SMARTS) is 1. The third-order valence-electron chi connectivity index (χ3n) is 6.96. The number of nitrogens with zero attached hydrogens (tertiary/aromatic N) is 3. The van der Waals surface area contributed by atoms with Crippen molar-refractivity contribution < 1.29 is 15.0 Å². The summed E-state index contributed by atoms with van der Waals surface area (Å²) in [5, 5.41) is 20.5. The number of benzene rings is 1. The van der Waals surface area contributed by atoms with Crippen molar-refractivity contribution in [3.8, 4) is 11.3 Å². The van der Waals surface area contributed by atoms with Gasteiger partial charge in [0.25, 0.3) is 0 Å². The molecule has 5 rings (SSSR count). The molecule has 1 saturated carbocycles. The van der Waals surface area contributed by atoms with Crippen molar-refractivity contribution in [3.05, 3.63) is 42.4 Å². The zero-order chi connectivity index (χ0) is 17.9. The number of aliphatic hydroxyl groups excluding tert-OH is 1. The molecule has 6 nitrogen and oxygen atoms in total. The predicted octanol–water partition coefficient (Wildman–Crippen LogP) is 2.98. The molecule has 26 heavy (non-hydrogen) atoms. The second-order valence-corrected chi connectivity index (χ2v) is 8.00. The number of aromatic nitrogens is 2. The smallest absolute Gasteiger partial charge is 0.407 e. The highest BCUT2D eigenvalue weighted by molar-refractivity contribution is 5.69. The van der Waals surface area contributed by atoms with Crippen molar-refractivity contribution in [3.63, 3.8) is 0 Å². The van der Waals surface area contributed by atoms with Crippen molar-refractivity contribution >= 4 is 6.09 Å². The summed E-state index contributed by atoms with van der Waals surface area (Å²) in [6, 6.07) is 8.53. The van der Waals surface area contributed by atoms with E-state index >= 15 is 0 Å². The van der Waals surface area contributed by atoms with Gasteiger partial charge >= 0.3 is 6.09 Å². The summed E-state index contributed by atoms with van der Waals surface area (Å²) in [5.41, 5.74) is 3.46. The first-order chi connectivity index (χ1) is 12.6. The number of hydrogen-bond acceptors (Lipinski definition) is 3. The van der Waals surface area contributed by atoms with E-state index in [1.165, 1.54) is 16.0 Å². The third kappa shape index (κ3) is 2.08. The van der Waals surface area contributed by atoms with Gasteiger partial charge in [0, 0.05) is 30.0 Å². The maximum atomic E-state index is 11.3. The Morgan fingerprint density at radius 3 is 2.73 bits per heavy atom. The molecule has 0 radical (unpaired) electrons. The fourth-order valence-electron chi connectivity index (χ4n) is 5.54. The molecule has 1 amide bonds. The molecule has 1 aliphatic carbocycles. The number of amides is 1. The molecule has 1 spiro atoms. The molecule has 1 saturated heterocycles.